The molecule has 1 amide bonds. The lowest BCUT2D eigenvalue weighted by Gasteiger charge is -2.19. The zero-order chi connectivity index (χ0) is 14.3. The van der Waals surface area contributed by atoms with Crippen molar-refractivity contribution in [3.63, 3.8) is 0 Å². The van der Waals surface area contributed by atoms with E-state index in [1.807, 2.05) is 26.0 Å². The fourth-order valence-corrected chi connectivity index (χ4v) is 1.76. The first-order valence-corrected chi connectivity index (χ1v) is 6.43. The summed E-state index contributed by atoms with van der Waals surface area (Å²) in [6.07, 6.45) is 0. The van der Waals surface area contributed by atoms with Crippen molar-refractivity contribution in [2.45, 2.75) is 20.4 Å². The lowest BCUT2D eigenvalue weighted by Crippen LogP contribution is -2.34. The molecule has 0 spiro atoms. The Balaban J connectivity index is 2.69. The molecule has 0 aliphatic heterocycles. The van der Waals surface area contributed by atoms with Gasteiger partial charge in [-0.3, -0.25) is 4.79 Å². The van der Waals surface area contributed by atoms with E-state index in [4.69, 9.17) is 15.2 Å². The summed E-state index contributed by atoms with van der Waals surface area (Å²) in [4.78, 5) is 13.6. The molecule has 0 unspecified atom stereocenters. The van der Waals surface area contributed by atoms with Crippen LogP contribution in [0.15, 0.2) is 18.2 Å². The van der Waals surface area contributed by atoms with E-state index in [0.717, 1.165) is 5.56 Å². The highest BCUT2D eigenvalue weighted by Gasteiger charge is 2.10. The summed E-state index contributed by atoms with van der Waals surface area (Å²) < 4.78 is 10.7. The van der Waals surface area contributed by atoms with Crippen molar-refractivity contribution in [1.82, 2.24) is 4.90 Å². The van der Waals surface area contributed by atoms with Gasteiger partial charge >= 0.3 is 0 Å². The number of amides is 1. The number of methoxy groups -OCH3 is 1. The van der Waals surface area contributed by atoms with Gasteiger partial charge in [-0.15, -0.1) is 0 Å². The molecule has 19 heavy (non-hydrogen) atoms. The van der Waals surface area contributed by atoms with Gasteiger partial charge < -0.3 is 20.1 Å². The Kier molecular flexibility index (Phi) is 6.15. The maximum Gasteiger partial charge on any atom is 0.260 e. The summed E-state index contributed by atoms with van der Waals surface area (Å²) in [6, 6.07) is 5.41. The number of carbonyl (C=O) groups excluding carboxylic acids is 1. The first-order chi connectivity index (χ1) is 9.14. The molecule has 0 saturated heterocycles. The SMILES string of the molecule is CCN(CC)C(=O)COc1cc(CN)cc(OC)c1. The number of carbonyl (C=O) groups is 1. The molecule has 0 aliphatic carbocycles. The number of rotatable bonds is 7. The van der Waals surface area contributed by atoms with Crippen LogP contribution >= 0.6 is 0 Å². The van der Waals surface area contributed by atoms with Crippen molar-refractivity contribution in [2.75, 3.05) is 26.8 Å². The summed E-state index contributed by atoms with van der Waals surface area (Å²) >= 11 is 0. The van der Waals surface area contributed by atoms with Crippen LogP contribution in [-0.4, -0.2) is 37.6 Å². The van der Waals surface area contributed by atoms with Crippen molar-refractivity contribution in [3.05, 3.63) is 23.8 Å². The van der Waals surface area contributed by atoms with E-state index >= 15 is 0 Å². The van der Waals surface area contributed by atoms with Crippen LogP contribution < -0.4 is 15.2 Å². The minimum absolute atomic E-state index is 0.0258. The zero-order valence-electron chi connectivity index (χ0n) is 11.8. The van der Waals surface area contributed by atoms with Gasteiger partial charge in [0.15, 0.2) is 6.61 Å². The van der Waals surface area contributed by atoms with Crippen LogP contribution in [0.25, 0.3) is 0 Å². The van der Waals surface area contributed by atoms with E-state index < -0.39 is 0 Å². The van der Waals surface area contributed by atoms with Gasteiger partial charge in [0.1, 0.15) is 11.5 Å². The fourth-order valence-electron chi connectivity index (χ4n) is 1.76. The molecule has 0 heterocycles. The third-order valence-corrected chi connectivity index (χ3v) is 2.89. The number of nitrogens with zero attached hydrogens (tertiary/aromatic N) is 1. The van der Waals surface area contributed by atoms with Gasteiger partial charge in [-0.25, -0.2) is 0 Å². The van der Waals surface area contributed by atoms with Crippen molar-refractivity contribution in [2.24, 2.45) is 5.73 Å². The largest absolute Gasteiger partial charge is 0.497 e. The Morgan fingerprint density at radius 2 is 1.84 bits per heavy atom. The van der Waals surface area contributed by atoms with Crippen LogP contribution in [0.3, 0.4) is 0 Å². The molecular weight excluding hydrogens is 244 g/mol. The van der Waals surface area contributed by atoms with Gasteiger partial charge in [-0.1, -0.05) is 0 Å². The Bertz CT molecular complexity index is 395. The smallest absolute Gasteiger partial charge is 0.260 e. The van der Waals surface area contributed by atoms with Crippen molar-refractivity contribution in [1.29, 1.82) is 0 Å². The average molecular weight is 266 g/mol. The predicted molar refractivity (Wildman–Crippen MR) is 74.3 cm³/mol. The van der Waals surface area contributed by atoms with E-state index in [1.165, 1.54) is 0 Å². The molecule has 5 nitrogen and oxygen atoms in total. The van der Waals surface area contributed by atoms with Gasteiger partial charge in [0.25, 0.3) is 5.91 Å². The normalized spacial score (nSPS) is 10.1. The Morgan fingerprint density at radius 3 is 2.37 bits per heavy atom. The second-order valence-corrected chi connectivity index (χ2v) is 4.08. The van der Waals surface area contributed by atoms with Gasteiger partial charge in [-0.05, 0) is 31.5 Å². The Morgan fingerprint density at radius 1 is 1.21 bits per heavy atom. The molecule has 0 aliphatic rings. The molecule has 106 valence electrons. The van der Waals surface area contributed by atoms with Crippen LogP contribution in [0, 0.1) is 0 Å². The summed E-state index contributed by atoms with van der Waals surface area (Å²) in [5.41, 5.74) is 6.51. The van der Waals surface area contributed by atoms with E-state index in [9.17, 15) is 4.79 Å². The molecule has 2 N–H and O–H groups in total. The van der Waals surface area contributed by atoms with Gasteiger partial charge in [-0.2, -0.15) is 0 Å². The fraction of sp³-hybridized carbons (Fsp3) is 0.500. The highest BCUT2D eigenvalue weighted by molar-refractivity contribution is 5.77. The molecule has 0 fully saturated rings. The summed E-state index contributed by atoms with van der Waals surface area (Å²) in [5, 5.41) is 0. The molecular formula is C14H22N2O3. The van der Waals surface area contributed by atoms with Crippen molar-refractivity contribution < 1.29 is 14.3 Å². The van der Waals surface area contributed by atoms with E-state index in [1.54, 1.807) is 18.1 Å². The van der Waals surface area contributed by atoms with Gasteiger partial charge in [0.05, 0.1) is 7.11 Å². The third kappa shape index (κ3) is 4.44. The predicted octanol–water partition coefficient (Wildman–Crippen LogP) is 1.40. The van der Waals surface area contributed by atoms with E-state index in [-0.39, 0.29) is 12.5 Å². The molecule has 0 atom stereocenters. The second kappa shape index (κ2) is 7.63. The zero-order valence-corrected chi connectivity index (χ0v) is 11.8. The maximum atomic E-state index is 11.8. The maximum absolute atomic E-state index is 11.8. The molecule has 0 bridgehead atoms. The standard InChI is InChI=1S/C14H22N2O3/c1-4-16(5-2)14(17)10-19-13-7-11(9-15)6-12(8-13)18-3/h6-8H,4-5,9-10,15H2,1-3H3. The van der Waals surface area contributed by atoms with Crippen molar-refractivity contribution >= 4 is 5.91 Å². The Hall–Kier alpha value is -1.75. The first kappa shape index (κ1) is 15.3. The minimum atomic E-state index is -0.0258. The number of nitrogens with two attached hydrogens (primary N) is 1. The quantitative estimate of drug-likeness (QED) is 0.810. The van der Waals surface area contributed by atoms with Crippen LogP contribution in [0.1, 0.15) is 19.4 Å². The summed E-state index contributed by atoms with van der Waals surface area (Å²) in [7, 11) is 1.58. The molecule has 5 heteroatoms. The Labute approximate surface area is 114 Å². The topological polar surface area (TPSA) is 64.8 Å². The van der Waals surface area contributed by atoms with Crippen molar-refractivity contribution in [3.8, 4) is 11.5 Å². The van der Waals surface area contributed by atoms with Crippen LogP contribution in [0.5, 0.6) is 11.5 Å². The van der Waals surface area contributed by atoms with E-state index in [2.05, 4.69) is 0 Å². The first-order valence-electron chi connectivity index (χ1n) is 6.43. The van der Waals surface area contributed by atoms with E-state index in [0.29, 0.717) is 31.1 Å². The summed E-state index contributed by atoms with van der Waals surface area (Å²) in [6.45, 7) is 5.69. The number of likely N-dealkylation sites (N-methyl/N-ethyl adjacent to an activating group) is 1. The van der Waals surface area contributed by atoms with Crippen LogP contribution in [-0.2, 0) is 11.3 Å². The average Bonchev–Trinajstić information content (AvgIpc) is 2.45. The molecule has 1 rings (SSSR count). The van der Waals surface area contributed by atoms with Crippen LogP contribution in [0.2, 0.25) is 0 Å². The second-order valence-electron chi connectivity index (χ2n) is 4.08. The highest BCUT2D eigenvalue weighted by atomic mass is 16.5. The number of benzene rings is 1. The molecule has 1 aromatic carbocycles. The third-order valence-electron chi connectivity index (χ3n) is 2.89. The molecule has 0 saturated carbocycles. The molecule has 1 aromatic rings. The highest BCUT2D eigenvalue weighted by Crippen LogP contribution is 2.22. The number of hydrogen-bond donors (Lipinski definition) is 1. The monoisotopic (exact) mass is 266 g/mol. The van der Waals surface area contributed by atoms with Crippen LogP contribution in [0.4, 0.5) is 0 Å². The summed E-state index contributed by atoms with van der Waals surface area (Å²) in [5.74, 6) is 1.25. The van der Waals surface area contributed by atoms with Gasteiger partial charge in [0.2, 0.25) is 0 Å². The molecule has 0 aromatic heterocycles. The lowest BCUT2D eigenvalue weighted by atomic mass is 10.2. The molecule has 0 radical (unpaired) electrons. The van der Waals surface area contributed by atoms with Gasteiger partial charge in [0, 0.05) is 25.7 Å². The minimum Gasteiger partial charge on any atom is -0.497 e. The lowest BCUT2D eigenvalue weighted by molar-refractivity contribution is -0.132. The number of ether oxygens (including phenoxy) is 2. The number of hydrogen-bond acceptors (Lipinski definition) is 4.